The zero-order valence-corrected chi connectivity index (χ0v) is 17.8. The standard InChI is InChI=1S/C22H23N5O2S/c1-15-16(2)30-21-20(15)22(29)27(14-25-21)9-7-19(28)24-11-17-3-5-18(6-4-17)12-26-10-8-23-13-26/h3-6,8,10,13-14H,7,9,11-12H2,1-2H3,(H,24,28). The van der Waals surface area contributed by atoms with Gasteiger partial charge in [-0.05, 0) is 30.5 Å². The number of aryl methyl sites for hydroxylation is 3. The van der Waals surface area contributed by atoms with Gasteiger partial charge in [0.2, 0.25) is 5.91 Å². The fourth-order valence-electron chi connectivity index (χ4n) is 3.29. The Kier molecular flexibility index (Phi) is 5.76. The Labute approximate surface area is 178 Å². The van der Waals surface area contributed by atoms with Crippen molar-refractivity contribution < 1.29 is 4.79 Å². The van der Waals surface area contributed by atoms with Crippen LogP contribution in [0.4, 0.5) is 0 Å². The number of nitrogens with zero attached hydrogens (tertiary/aromatic N) is 4. The first-order valence-electron chi connectivity index (χ1n) is 9.76. The fraction of sp³-hybridized carbons (Fsp3) is 0.273. The van der Waals surface area contributed by atoms with Gasteiger partial charge in [0, 0.05) is 43.3 Å². The number of imidazole rings is 1. The van der Waals surface area contributed by atoms with Crippen molar-refractivity contribution in [3.63, 3.8) is 0 Å². The van der Waals surface area contributed by atoms with E-state index < -0.39 is 0 Å². The number of rotatable bonds is 7. The van der Waals surface area contributed by atoms with E-state index >= 15 is 0 Å². The fourth-order valence-corrected chi connectivity index (χ4v) is 4.28. The van der Waals surface area contributed by atoms with Crippen LogP contribution in [0.3, 0.4) is 0 Å². The molecule has 0 fully saturated rings. The Bertz CT molecular complexity index is 1220. The highest BCUT2D eigenvalue weighted by Crippen LogP contribution is 2.25. The van der Waals surface area contributed by atoms with Crippen molar-refractivity contribution in [3.8, 4) is 0 Å². The SMILES string of the molecule is Cc1sc2ncn(CCC(=O)NCc3ccc(Cn4ccnc4)cc3)c(=O)c2c1C. The van der Waals surface area contributed by atoms with Gasteiger partial charge in [-0.25, -0.2) is 9.97 Å². The maximum atomic E-state index is 12.7. The van der Waals surface area contributed by atoms with Crippen molar-refractivity contribution >= 4 is 27.5 Å². The summed E-state index contributed by atoms with van der Waals surface area (Å²) in [6.45, 7) is 5.46. The zero-order valence-electron chi connectivity index (χ0n) is 17.0. The highest BCUT2D eigenvalue weighted by molar-refractivity contribution is 7.18. The first kappa shape index (κ1) is 20.0. The van der Waals surface area contributed by atoms with E-state index in [0.717, 1.165) is 27.4 Å². The maximum Gasteiger partial charge on any atom is 0.262 e. The van der Waals surface area contributed by atoms with Gasteiger partial charge in [-0.3, -0.25) is 14.2 Å². The van der Waals surface area contributed by atoms with Crippen molar-refractivity contribution in [2.24, 2.45) is 0 Å². The average molecular weight is 422 g/mol. The second kappa shape index (κ2) is 8.62. The lowest BCUT2D eigenvalue weighted by Gasteiger charge is -2.08. The minimum Gasteiger partial charge on any atom is -0.352 e. The van der Waals surface area contributed by atoms with Crippen LogP contribution in [0.25, 0.3) is 10.2 Å². The molecule has 0 radical (unpaired) electrons. The van der Waals surface area contributed by atoms with E-state index in [1.807, 2.05) is 48.9 Å². The summed E-state index contributed by atoms with van der Waals surface area (Å²) < 4.78 is 3.52. The van der Waals surface area contributed by atoms with E-state index in [2.05, 4.69) is 15.3 Å². The summed E-state index contributed by atoms with van der Waals surface area (Å²) in [6.07, 6.45) is 7.23. The van der Waals surface area contributed by atoms with Crippen LogP contribution in [0.1, 0.15) is 28.0 Å². The van der Waals surface area contributed by atoms with Crippen molar-refractivity contribution in [3.05, 3.63) is 81.2 Å². The highest BCUT2D eigenvalue weighted by Gasteiger charge is 2.12. The van der Waals surface area contributed by atoms with Crippen LogP contribution >= 0.6 is 11.3 Å². The summed E-state index contributed by atoms with van der Waals surface area (Å²) in [5.41, 5.74) is 3.09. The lowest BCUT2D eigenvalue weighted by Crippen LogP contribution is -2.27. The second-order valence-electron chi connectivity index (χ2n) is 7.28. The molecule has 0 aliphatic carbocycles. The molecule has 8 heteroatoms. The molecule has 4 rings (SSSR count). The molecule has 7 nitrogen and oxygen atoms in total. The number of carbonyl (C=O) groups is 1. The predicted molar refractivity (Wildman–Crippen MR) is 118 cm³/mol. The van der Waals surface area contributed by atoms with Gasteiger partial charge in [0.25, 0.3) is 5.56 Å². The molecule has 0 atom stereocenters. The van der Waals surface area contributed by atoms with Crippen molar-refractivity contribution in [2.45, 2.75) is 39.9 Å². The van der Waals surface area contributed by atoms with Crippen LogP contribution in [-0.2, 0) is 24.4 Å². The quantitative estimate of drug-likeness (QED) is 0.497. The molecule has 1 aromatic carbocycles. The molecule has 3 aromatic heterocycles. The molecule has 3 heterocycles. The van der Waals surface area contributed by atoms with Gasteiger partial charge >= 0.3 is 0 Å². The molecule has 30 heavy (non-hydrogen) atoms. The van der Waals surface area contributed by atoms with Crippen LogP contribution in [0, 0.1) is 13.8 Å². The van der Waals surface area contributed by atoms with Gasteiger partial charge in [-0.2, -0.15) is 0 Å². The number of carbonyl (C=O) groups excluding carboxylic acids is 1. The maximum absolute atomic E-state index is 12.7. The first-order valence-corrected chi connectivity index (χ1v) is 10.6. The molecule has 0 aliphatic heterocycles. The predicted octanol–water partition coefficient (Wildman–Crippen LogP) is 3.03. The Morgan fingerprint density at radius 3 is 2.63 bits per heavy atom. The Hall–Kier alpha value is -3.26. The molecule has 1 amide bonds. The molecule has 154 valence electrons. The molecule has 0 spiro atoms. The van der Waals surface area contributed by atoms with Gasteiger partial charge in [0.15, 0.2) is 0 Å². The van der Waals surface area contributed by atoms with E-state index in [1.54, 1.807) is 12.5 Å². The topological polar surface area (TPSA) is 81.8 Å². The minimum absolute atomic E-state index is 0.0804. The Morgan fingerprint density at radius 1 is 1.13 bits per heavy atom. The third-order valence-corrected chi connectivity index (χ3v) is 6.29. The average Bonchev–Trinajstić information content (AvgIpc) is 3.35. The van der Waals surface area contributed by atoms with Gasteiger partial charge in [-0.15, -0.1) is 11.3 Å². The van der Waals surface area contributed by atoms with Gasteiger partial charge in [-0.1, -0.05) is 24.3 Å². The van der Waals surface area contributed by atoms with E-state index in [-0.39, 0.29) is 17.9 Å². The molecular weight excluding hydrogens is 398 g/mol. The number of benzene rings is 1. The number of hydrogen-bond donors (Lipinski definition) is 1. The molecule has 1 N–H and O–H groups in total. The molecule has 4 aromatic rings. The molecule has 0 aliphatic rings. The van der Waals surface area contributed by atoms with Crippen molar-refractivity contribution in [1.82, 2.24) is 24.4 Å². The number of fused-ring (bicyclic) bond motifs is 1. The number of hydrogen-bond acceptors (Lipinski definition) is 5. The first-order chi connectivity index (χ1) is 14.5. The summed E-state index contributed by atoms with van der Waals surface area (Å²) in [4.78, 5) is 35.2. The summed E-state index contributed by atoms with van der Waals surface area (Å²) in [5, 5.41) is 3.58. The molecule has 0 saturated carbocycles. The van der Waals surface area contributed by atoms with Crippen LogP contribution in [-0.4, -0.2) is 25.0 Å². The van der Waals surface area contributed by atoms with Crippen LogP contribution in [0.15, 0.2) is 54.1 Å². The van der Waals surface area contributed by atoms with Crippen molar-refractivity contribution in [1.29, 1.82) is 0 Å². The van der Waals surface area contributed by atoms with Gasteiger partial charge in [0.05, 0.1) is 18.0 Å². The summed E-state index contributed by atoms with van der Waals surface area (Å²) in [6, 6.07) is 8.12. The largest absolute Gasteiger partial charge is 0.352 e. The molecule has 0 bridgehead atoms. The highest BCUT2D eigenvalue weighted by atomic mass is 32.1. The summed E-state index contributed by atoms with van der Waals surface area (Å²) in [5.74, 6) is -0.0947. The Morgan fingerprint density at radius 2 is 1.90 bits per heavy atom. The minimum atomic E-state index is -0.0947. The third kappa shape index (κ3) is 4.33. The summed E-state index contributed by atoms with van der Waals surface area (Å²) in [7, 11) is 0. The number of amides is 1. The third-order valence-electron chi connectivity index (χ3n) is 5.17. The van der Waals surface area contributed by atoms with E-state index in [0.29, 0.717) is 18.5 Å². The lowest BCUT2D eigenvalue weighted by atomic mass is 10.1. The Balaban J connectivity index is 1.31. The summed E-state index contributed by atoms with van der Waals surface area (Å²) >= 11 is 1.53. The number of thiophene rings is 1. The van der Waals surface area contributed by atoms with Crippen molar-refractivity contribution in [2.75, 3.05) is 0 Å². The van der Waals surface area contributed by atoms with E-state index in [4.69, 9.17) is 0 Å². The zero-order chi connectivity index (χ0) is 21.1. The number of aromatic nitrogens is 4. The normalized spacial score (nSPS) is 11.1. The molecular formula is C22H23N5O2S. The molecule has 0 unspecified atom stereocenters. The lowest BCUT2D eigenvalue weighted by molar-refractivity contribution is -0.121. The van der Waals surface area contributed by atoms with Crippen LogP contribution < -0.4 is 10.9 Å². The van der Waals surface area contributed by atoms with Crippen LogP contribution in [0.2, 0.25) is 0 Å². The number of nitrogens with one attached hydrogen (secondary N) is 1. The van der Waals surface area contributed by atoms with E-state index in [1.165, 1.54) is 27.8 Å². The van der Waals surface area contributed by atoms with E-state index in [9.17, 15) is 9.59 Å². The molecule has 0 saturated heterocycles. The van der Waals surface area contributed by atoms with Crippen LogP contribution in [0.5, 0.6) is 0 Å². The smallest absolute Gasteiger partial charge is 0.262 e. The van der Waals surface area contributed by atoms with Gasteiger partial charge in [0.1, 0.15) is 4.83 Å². The second-order valence-corrected chi connectivity index (χ2v) is 8.49. The monoisotopic (exact) mass is 421 g/mol. The van der Waals surface area contributed by atoms with Gasteiger partial charge < -0.3 is 9.88 Å².